The first-order chi connectivity index (χ1) is 14.9. The number of anilines is 1. The third kappa shape index (κ3) is 5.61. The Morgan fingerprint density at radius 3 is 2.32 bits per heavy atom. The summed E-state index contributed by atoms with van der Waals surface area (Å²) in [5.41, 5.74) is 0.770. The molecule has 1 N–H and O–H groups in total. The third-order valence-corrected chi connectivity index (χ3v) is 6.29. The summed E-state index contributed by atoms with van der Waals surface area (Å²) in [6.45, 7) is 1.72. The summed E-state index contributed by atoms with van der Waals surface area (Å²) in [6, 6.07) is 20.5. The average Bonchev–Trinajstić information content (AvgIpc) is 2.77. The number of hydrogen-bond acceptors (Lipinski definition) is 4. The predicted molar refractivity (Wildman–Crippen MR) is 117 cm³/mol. The second kappa shape index (κ2) is 10.1. The van der Waals surface area contributed by atoms with Crippen molar-refractivity contribution in [1.82, 2.24) is 5.32 Å². The third-order valence-electron chi connectivity index (χ3n) is 4.51. The van der Waals surface area contributed by atoms with Crippen molar-refractivity contribution >= 4 is 21.6 Å². The van der Waals surface area contributed by atoms with E-state index in [1.807, 2.05) is 31.2 Å². The normalized spacial score (nSPS) is 11.0. The lowest BCUT2D eigenvalue weighted by Gasteiger charge is -2.24. The monoisotopic (exact) mass is 442 g/mol. The van der Waals surface area contributed by atoms with Crippen LogP contribution in [0.2, 0.25) is 0 Å². The fourth-order valence-corrected chi connectivity index (χ4v) is 4.38. The van der Waals surface area contributed by atoms with Gasteiger partial charge >= 0.3 is 0 Å². The van der Waals surface area contributed by atoms with Crippen LogP contribution in [0.1, 0.15) is 5.56 Å². The van der Waals surface area contributed by atoms with Crippen molar-refractivity contribution in [2.24, 2.45) is 0 Å². The molecule has 0 radical (unpaired) electrons. The van der Waals surface area contributed by atoms with Crippen molar-refractivity contribution in [2.45, 2.75) is 11.8 Å². The molecular formula is C23H23FN2O4S. The number of ether oxygens (including phenoxy) is 1. The van der Waals surface area contributed by atoms with E-state index in [1.54, 1.807) is 18.2 Å². The van der Waals surface area contributed by atoms with Crippen molar-refractivity contribution in [3.63, 3.8) is 0 Å². The number of aryl methyl sites for hydroxylation is 1. The minimum atomic E-state index is -4.15. The number of rotatable bonds is 9. The van der Waals surface area contributed by atoms with Gasteiger partial charge in [-0.1, -0.05) is 48.5 Å². The van der Waals surface area contributed by atoms with Crippen LogP contribution in [0.5, 0.6) is 5.75 Å². The molecule has 0 aliphatic rings. The zero-order chi connectivity index (χ0) is 22.3. The number of carbonyl (C=O) groups excluding carboxylic acids is 1. The highest BCUT2D eigenvalue weighted by molar-refractivity contribution is 7.92. The van der Waals surface area contributed by atoms with Crippen molar-refractivity contribution in [3.8, 4) is 5.75 Å². The van der Waals surface area contributed by atoms with E-state index in [4.69, 9.17) is 4.74 Å². The Labute approximate surface area is 181 Å². The van der Waals surface area contributed by atoms with Crippen LogP contribution in [-0.4, -0.2) is 34.0 Å². The van der Waals surface area contributed by atoms with Crippen LogP contribution < -0.4 is 14.4 Å². The summed E-state index contributed by atoms with van der Waals surface area (Å²) in [5.74, 6) is -0.606. The Bertz CT molecular complexity index is 1140. The number of para-hydroxylation sites is 2. The molecule has 0 aromatic heterocycles. The van der Waals surface area contributed by atoms with Gasteiger partial charge in [-0.2, -0.15) is 0 Å². The largest absolute Gasteiger partial charge is 0.491 e. The highest BCUT2D eigenvalue weighted by atomic mass is 32.2. The summed E-state index contributed by atoms with van der Waals surface area (Å²) in [4.78, 5) is 12.5. The topological polar surface area (TPSA) is 75.7 Å². The number of hydrogen-bond donors (Lipinski definition) is 1. The van der Waals surface area contributed by atoms with Gasteiger partial charge in [-0.3, -0.25) is 9.10 Å². The van der Waals surface area contributed by atoms with Crippen LogP contribution in [0.4, 0.5) is 10.1 Å². The van der Waals surface area contributed by atoms with Crippen LogP contribution in [0.25, 0.3) is 0 Å². The van der Waals surface area contributed by atoms with E-state index in [0.717, 1.165) is 15.9 Å². The molecule has 0 saturated carbocycles. The SMILES string of the molecule is Cc1ccccc1OCCNC(=O)CN(c1ccccc1F)S(=O)(=O)c1ccccc1. The van der Waals surface area contributed by atoms with Crippen LogP contribution in [0.15, 0.2) is 83.8 Å². The highest BCUT2D eigenvalue weighted by Gasteiger charge is 2.28. The van der Waals surface area contributed by atoms with Crippen molar-refractivity contribution < 1.29 is 22.3 Å². The Kier molecular flexibility index (Phi) is 7.25. The highest BCUT2D eigenvalue weighted by Crippen LogP contribution is 2.25. The van der Waals surface area contributed by atoms with Gasteiger partial charge in [0.25, 0.3) is 10.0 Å². The number of carbonyl (C=O) groups is 1. The molecule has 0 aliphatic carbocycles. The van der Waals surface area contributed by atoms with Gasteiger partial charge in [-0.25, -0.2) is 12.8 Å². The molecular weight excluding hydrogens is 419 g/mol. The van der Waals surface area contributed by atoms with E-state index < -0.39 is 28.3 Å². The summed E-state index contributed by atoms with van der Waals surface area (Å²) in [5, 5.41) is 2.62. The minimum absolute atomic E-state index is 0.0334. The second-order valence-electron chi connectivity index (χ2n) is 6.74. The van der Waals surface area contributed by atoms with E-state index >= 15 is 0 Å². The second-order valence-corrected chi connectivity index (χ2v) is 8.60. The van der Waals surface area contributed by atoms with Crippen LogP contribution in [0.3, 0.4) is 0 Å². The number of nitrogens with one attached hydrogen (secondary N) is 1. The molecule has 0 aliphatic heterocycles. The Morgan fingerprint density at radius 2 is 1.61 bits per heavy atom. The van der Waals surface area contributed by atoms with Crippen LogP contribution in [0, 0.1) is 12.7 Å². The van der Waals surface area contributed by atoms with E-state index in [2.05, 4.69) is 5.32 Å². The Balaban J connectivity index is 1.71. The zero-order valence-electron chi connectivity index (χ0n) is 17.0. The molecule has 0 unspecified atom stereocenters. The molecule has 0 heterocycles. The van der Waals surface area contributed by atoms with Crippen LogP contribution in [-0.2, 0) is 14.8 Å². The molecule has 3 aromatic rings. The fourth-order valence-electron chi connectivity index (χ4n) is 2.93. The number of halogens is 1. The molecule has 3 aromatic carbocycles. The minimum Gasteiger partial charge on any atom is -0.491 e. The molecule has 0 saturated heterocycles. The molecule has 0 atom stereocenters. The lowest BCUT2D eigenvalue weighted by atomic mass is 10.2. The maximum Gasteiger partial charge on any atom is 0.264 e. The predicted octanol–water partition coefficient (Wildman–Crippen LogP) is 3.52. The first kappa shape index (κ1) is 22.3. The number of benzene rings is 3. The first-order valence-corrected chi connectivity index (χ1v) is 11.1. The van der Waals surface area contributed by atoms with E-state index in [9.17, 15) is 17.6 Å². The average molecular weight is 443 g/mol. The van der Waals surface area contributed by atoms with Crippen molar-refractivity contribution in [3.05, 3.63) is 90.2 Å². The first-order valence-electron chi connectivity index (χ1n) is 9.67. The van der Waals surface area contributed by atoms with E-state index in [0.29, 0.717) is 5.75 Å². The zero-order valence-corrected chi connectivity index (χ0v) is 17.8. The maximum atomic E-state index is 14.4. The van der Waals surface area contributed by atoms with Gasteiger partial charge in [-0.05, 0) is 42.8 Å². The van der Waals surface area contributed by atoms with Gasteiger partial charge < -0.3 is 10.1 Å². The van der Waals surface area contributed by atoms with Crippen molar-refractivity contribution in [2.75, 3.05) is 24.0 Å². The Hall–Kier alpha value is -3.39. The molecule has 3 rings (SSSR count). The molecule has 6 nitrogen and oxygen atoms in total. The van der Waals surface area contributed by atoms with Crippen molar-refractivity contribution in [1.29, 1.82) is 0 Å². The lowest BCUT2D eigenvalue weighted by Crippen LogP contribution is -2.42. The van der Waals surface area contributed by atoms with Gasteiger partial charge in [0.05, 0.1) is 17.1 Å². The van der Waals surface area contributed by atoms with Gasteiger partial charge in [0.2, 0.25) is 5.91 Å². The molecule has 0 fully saturated rings. The van der Waals surface area contributed by atoms with Gasteiger partial charge in [-0.15, -0.1) is 0 Å². The molecule has 0 spiro atoms. The molecule has 31 heavy (non-hydrogen) atoms. The smallest absolute Gasteiger partial charge is 0.264 e. The lowest BCUT2D eigenvalue weighted by molar-refractivity contribution is -0.119. The molecule has 1 amide bonds. The van der Waals surface area contributed by atoms with Gasteiger partial charge in [0, 0.05) is 0 Å². The van der Waals surface area contributed by atoms with Gasteiger partial charge in [0.15, 0.2) is 0 Å². The number of amides is 1. The molecule has 8 heteroatoms. The van der Waals surface area contributed by atoms with Gasteiger partial charge in [0.1, 0.15) is 24.7 Å². The standard InChI is InChI=1S/C23H23FN2O4S/c1-18-9-5-8-14-22(18)30-16-15-25-23(27)17-26(21-13-7-6-12-20(21)24)31(28,29)19-10-3-2-4-11-19/h2-14H,15-17H2,1H3,(H,25,27). The van der Waals surface area contributed by atoms with Crippen LogP contribution >= 0.6 is 0 Å². The molecule has 162 valence electrons. The number of sulfonamides is 1. The Morgan fingerprint density at radius 1 is 0.968 bits per heavy atom. The maximum absolute atomic E-state index is 14.4. The summed E-state index contributed by atoms with van der Waals surface area (Å²) >= 11 is 0. The number of nitrogens with zero attached hydrogens (tertiary/aromatic N) is 1. The van der Waals surface area contributed by atoms with E-state index in [-0.39, 0.29) is 23.7 Å². The fraction of sp³-hybridized carbons (Fsp3) is 0.174. The quantitative estimate of drug-likeness (QED) is 0.515. The summed E-state index contributed by atoms with van der Waals surface area (Å²) in [6.07, 6.45) is 0. The summed E-state index contributed by atoms with van der Waals surface area (Å²) in [7, 11) is -4.15. The summed E-state index contributed by atoms with van der Waals surface area (Å²) < 4.78 is 47.1. The molecule has 0 bridgehead atoms. The van der Waals surface area contributed by atoms with E-state index in [1.165, 1.54) is 30.3 Å².